The van der Waals surface area contributed by atoms with Crippen LogP contribution in [0.3, 0.4) is 0 Å². The smallest absolute Gasteiger partial charge is 0.161 e. The van der Waals surface area contributed by atoms with Gasteiger partial charge in [-0.3, -0.25) is 4.79 Å². The van der Waals surface area contributed by atoms with Crippen molar-refractivity contribution in [2.75, 3.05) is 0 Å². The van der Waals surface area contributed by atoms with Gasteiger partial charge in [0.15, 0.2) is 5.78 Å². The number of benzene rings is 2. The Labute approximate surface area is 116 Å². The normalized spacial score (nSPS) is 10.4. The molecule has 0 bridgehead atoms. The summed E-state index contributed by atoms with van der Waals surface area (Å²) in [6, 6.07) is 17.3. The van der Waals surface area contributed by atoms with Crippen molar-refractivity contribution in [1.29, 1.82) is 5.26 Å². The third-order valence-corrected chi connectivity index (χ3v) is 3.34. The minimum atomic E-state index is 0.0383. The average molecular weight is 260 g/mol. The fourth-order valence-electron chi connectivity index (χ4n) is 2.40. The molecule has 0 N–H and O–H groups in total. The minimum Gasteiger partial charge on any atom is -0.316 e. The summed E-state index contributed by atoms with van der Waals surface area (Å²) in [7, 11) is 0. The Morgan fingerprint density at radius 3 is 2.70 bits per heavy atom. The molecule has 0 saturated carbocycles. The van der Waals surface area contributed by atoms with Crippen LogP contribution < -0.4 is 0 Å². The van der Waals surface area contributed by atoms with Crippen molar-refractivity contribution >= 4 is 16.7 Å². The second-order valence-electron chi connectivity index (χ2n) is 4.65. The zero-order valence-corrected chi connectivity index (χ0v) is 11.0. The molecule has 0 spiro atoms. The van der Waals surface area contributed by atoms with Gasteiger partial charge in [-0.1, -0.05) is 24.3 Å². The van der Waals surface area contributed by atoms with Crippen LogP contribution in [0.25, 0.3) is 16.6 Å². The van der Waals surface area contributed by atoms with Gasteiger partial charge < -0.3 is 4.57 Å². The number of nitriles is 1. The Morgan fingerprint density at radius 1 is 1.15 bits per heavy atom. The molecule has 0 radical (unpaired) electrons. The lowest BCUT2D eigenvalue weighted by atomic mass is 10.1. The van der Waals surface area contributed by atoms with Gasteiger partial charge in [-0.2, -0.15) is 5.26 Å². The van der Waals surface area contributed by atoms with Crippen LogP contribution in [-0.2, 0) is 0 Å². The molecule has 96 valence electrons. The number of hydrogen-bond acceptors (Lipinski definition) is 2. The van der Waals surface area contributed by atoms with Crippen molar-refractivity contribution in [2.24, 2.45) is 0 Å². The summed E-state index contributed by atoms with van der Waals surface area (Å²) in [5.74, 6) is 0.0383. The summed E-state index contributed by atoms with van der Waals surface area (Å²) in [6.07, 6.45) is 1.84. The van der Waals surface area contributed by atoms with E-state index in [1.165, 1.54) is 0 Å². The number of nitrogens with zero attached hydrogens (tertiary/aromatic N) is 2. The van der Waals surface area contributed by atoms with Crippen molar-refractivity contribution < 1.29 is 4.79 Å². The molecule has 0 saturated heterocycles. The lowest BCUT2D eigenvalue weighted by Gasteiger charge is -2.05. The maximum atomic E-state index is 11.8. The highest BCUT2D eigenvalue weighted by atomic mass is 16.1. The summed E-state index contributed by atoms with van der Waals surface area (Å²) >= 11 is 0. The molecule has 1 heterocycles. The van der Waals surface area contributed by atoms with E-state index in [9.17, 15) is 4.79 Å². The van der Waals surface area contributed by atoms with Gasteiger partial charge in [0.2, 0.25) is 0 Å². The Balaban J connectivity index is 2.31. The number of aromatic nitrogens is 1. The maximum Gasteiger partial charge on any atom is 0.161 e. The van der Waals surface area contributed by atoms with E-state index in [1.54, 1.807) is 13.0 Å². The molecule has 3 nitrogen and oxygen atoms in total. The first-order chi connectivity index (χ1) is 9.70. The highest BCUT2D eigenvalue weighted by molar-refractivity contribution is 6.07. The molecule has 2 aromatic carbocycles. The third kappa shape index (κ3) is 1.88. The van der Waals surface area contributed by atoms with Gasteiger partial charge in [-0.05, 0) is 31.2 Å². The third-order valence-electron chi connectivity index (χ3n) is 3.34. The predicted molar refractivity (Wildman–Crippen MR) is 78.0 cm³/mol. The molecule has 1 aromatic heterocycles. The lowest BCUT2D eigenvalue weighted by molar-refractivity contribution is 0.101. The van der Waals surface area contributed by atoms with E-state index in [-0.39, 0.29) is 5.78 Å². The van der Waals surface area contributed by atoms with Crippen LogP contribution in [0.1, 0.15) is 22.8 Å². The zero-order chi connectivity index (χ0) is 14.1. The molecule has 0 aliphatic carbocycles. The maximum absolute atomic E-state index is 11.8. The van der Waals surface area contributed by atoms with Crippen molar-refractivity contribution in [1.82, 2.24) is 4.57 Å². The Bertz CT molecular complexity index is 853. The van der Waals surface area contributed by atoms with Crippen LogP contribution in [0.5, 0.6) is 0 Å². The van der Waals surface area contributed by atoms with E-state index in [1.807, 2.05) is 53.2 Å². The van der Waals surface area contributed by atoms with Gasteiger partial charge >= 0.3 is 0 Å². The van der Waals surface area contributed by atoms with Gasteiger partial charge in [0.1, 0.15) is 0 Å². The average Bonchev–Trinajstić information content (AvgIpc) is 2.87. The number of hydrogen-bond donors (Lipinski definition) is 0. The minimum absolute atomic E-state index is 0.0383. The zero-order valence-electron chi connectivity index (χ0n) is 11.0. The molecule has 0 unspecified atom stereocenters. The molecular formula is C17H12N2O. The van der Waals surface area contributed by atoms with Crippen LogP contribution in [0, 0.1) is 11.3 Å². The van der Waals surface area contributed by atoms with Gasteiger partial charge in [0, 0.05) is 22.8 Å². The van der Waals surface area contributed by atoms with Crippen LogP contribution in [0.4, 0.5) is 0 Å². The van der Waals surface area contributed by atoms with Gasteiger partial charge in [0.05, 0.1) is 17.1 Å². The highest BCUT2D eigenvalue weighted by Gasteiger charge is 2.12. The monoisotopic (exact) mass is 260 g/mol. The van der Waals surface area contributed by atoms with Crippen LogP contribution in [0.15, 0.2) is 54.7 Å². The van der Waals surface area contributed by atoms with Crippen molar-refractivity contribution in [3.63, 3.8) is 0 Å². The summed E-state index contributed by atoms with van der Waals surface area (Å²) in [4.78, 5) is 11.8. The summed E-state index contributed by atoms with van der Waals surface area (Å²) in [5.41, 5.74) is 3.15. The molecule has 0 atom stereocenters. The number of fused-ring (bicyclic) bond motifs is 1. The van der Waals surface area contributed by atoms with Crippen LogP contribution in [0.2, 0.25) is 0 Å². The molecule has 0 aliphatic heterocycles. The van der Waals surface area contributed by atoms with E-state index < -0.39 is 0 Å². The van der Waals surface area contributed by atoms with Gasteiger partial charge in [-0.25, -0.2) is 0 Å². The quantitative estimate of drug-likeness (QED) is 0.659. The highest BCUT2D eigenvalue weighted by Crippen LogP contribution is 2.25. The van der Waals surface area contributed by atoms with Gasteiger partial charge in [0.25, 0.3) is 0 Å². The number of carbonyl (C=O) groups is 1. The Hall–Kier alpha value is -2.86. The van der Waals surface area contributed by atoms with Gasteiger partial charge in [-0.15, -0.1) is 0 Å². The standard InChI is InChI=1S/C17H12N2O/c1-12(20)16-11-19(17-8-3-2-7-15(16)17)14-6-4-5-13(9-14)10-18/h2-9,11H,1H3. The van der Waals surface area contributed by atoms with Crippen LogP contribution in [-0.4, -0.2) is 10.4 Å². The van der Waals surface area contributed by atoms with Crippen molar-refractivity contribution in [3.8, 4) is 11.8 Å². The molecule has 0 fully saturated rings. The van der Waals surface area contributed by atoms with E-state index in [4.69, 9.17) is 5.26 Å². The molecular weight excluding hydrogens is 248 g/mol. The molecule has 3 rings (SSSR count). The molecule has 20 heavy (non-hydrogen) atoms. The SMILES string of the molecule is CC(=O)c1cn(-c2cccc(C#N)c2)c2ccccc12. The number of carbonyl (C=O) groups excluding carboxylic acids is 1. The second kappa shape index (κ2) is 4.67. The van der Waals surface area contributed by atoms with Crippen molar-refractivity contribution in [3.05, 3.63) is 65.9 Å². The Kier molecular flexibility index (Phi) is 2.85. The first-order valence-electron chi connectivity index (χ1n) is 6.32. The number of para-hydroxylation sites is 1. The molecule has 3 aromatic rings. The van der Waals surface area contributed by atoms with E-state index in [0.29, 0.717) is 11.1 Å². The largest absolute Gasteiger partial charge is 0.316 e. The summed E-state index contributed by atoms with van der Waals surface area (Å²) in [5, 5.41) is 9.94. The van der Waals surface area contributed by atoms with E-state index in [0.717, 1.165) is 16.6 Å². The molecule has 3 heteroatoms. The van der Waals surface area contributed by atoms with Crippen LogP contribution >= 0.6 is 0 Å². The van der Waals surface area contributed by atoms with E-state index >= 15 is 0 Å². The summed E-state index contributed by atoms with van der Waals surface area (Å²) in [6.45, 7) is 1.57. The molecule has 0 aliphatic rings. The lowest BCUT2D eigenvalue weighted by Crippen LogP contribution is -1.93. The molecule has 0 amide bonds. The fourth-order valence-corrected chi connectivity index (χ4v) is 2.40. The van der Waals surface area contributed by atoms with Crippen molar-refractivity contribution in [2.45, 2.75) is 6.92 Å². The summed E-state index contributed by atoms with van der Waals surface area (Å²) < 4.78 is 1.95. The topological polar surface area (TPSA) is 45.8 Å². The first-order valence-corrected chi connectivity index (χ1v) is 6.32. The first kappa shape index (κ1) is 12.2. The fraction of sp³-hybridized carbons (Fsp3) is 0.0588. The number of rotatable bonds is 2. The predicted octanol–water partition coefficient (Wildman–Crippen LogP) is 3.70. The Morgan fingerprint density at radius 2 is 1.95 bits per heavy atom. The second-order valence-corrected chi connectivity index (χ2v) is 4.65. The number of Topliss-reactive ketones (excluding diaryl/α,β-unsaturated/α-hetero) is 1. The van der Waals surface area contributed by atoms with E-state index in [2.05, 4.69) is 6.07 Å². The number of ketones is 1.